The van der Waals surface area contributed by atoms with E-state index in [-0.39, 0.29) is 0 Å². The Kier molecular flexibility index (Phi) is 3.98. The molecule has 0 radical (unpaired) electrons. The van der Waals surface area contributed by atoms with Gasteiger partial charge in [0.1, 0.15) is 0 Å². The Balaban J connectivity index is 1.59. The highest BCUT2D eigenvalue weighted by Gasteiger charge is 2.20. The number of hydrogen-bond donors (Lipinski definition) is 3. The monoisotopic (exact) mass is 286 g/mol. The van der Waals surface area contributed by atoms with E-state index in [4.69, 9.17) is 5.21 Å². The lowest BCUT2D eigenvalue weighted by Crippen LogP contribution is -2.18. The second-order valence-corrected chi connectivity index (χ2v) is 5.34. The smallest absolute Gasteiger partial charge is 0.274 e. The van der Waals surface area contributed by atoms with Crippen LogP contribution in [0.1, 0.15) is 34.3 Å². The number of rotatable bonds is 6. The van der Waals surface area contributed by atoms with Crippen molar-refractivity contribution in [1.29, 1.82) is 0 Å². The Labute approximate surface area is 122 Å². The van der Waals surface area contributed by atoms with Crippen molar-refractivity contribution in [3.63, 3.8) is 0 Å². The first-order valence-electron chi connectivity index (χ1n) is 7.02. The first kappa shape index (κ1) is 13.8. The van der Waals surface area contributed by atoms with E-state index in [0.717, 1.165) is 12.1 Å². The van der Waals surface area contributed by atoms with E-state index in [9.17, 15) is 4.79 Å². The average molecular weight is 286 g/mol. The molecule has 3 rings (SSSR count). The van der Waals surface area contributed by atoms with E-state index in [1.54, 1.807) is 17.6 Å². The van der Waals surface area contributed by atoms with Crippen LogP contribution in [0.4, 0.5) is 0 Å². The zero-order valence-electron chi connectivity index (χ0n) is 11.6. The quantitative estimate of drug-likeness (QED) is 0.552. The van der Waals surface area contributed by atoms with Crippen molar-refractivity contribution in [2.24, 2.45) is 0 Å². The number of carbonyl (C=O) groups is 1. The number of amides is 1. The topological polar surface area (TPSA) is 79.2 Å². The molecule has 1 aliphatic rings. The molecule has 110 valence electrons. The Morgan fingerprint density at radius 1 is 1.29 bits per heavy atom. The predicted octanol–water partition coefficient (Wildman–Crippen LogP) is 1.30. The van der Waals surface area contributed by atoms with Gasteiger partial charge in [0.15, 0.2) is 0 Å². The maximum atomic E-state index is 11.2. The van der Waals surface area contributed by atoms with E-state index in [1.807, 2.05) is 29.2 Å². The predicted molar refractivity (Wildman–Crippen MR) is 76.9 cm³/mol. The van der Waals surface area contributed by atoms with Crippen LogP contribution in [-0.2, 0) is 13.1 Å². The van der Waals surface area contributed by atoms with E-state index < -0.39 is 5.91 Å². The lowest BCUT2D eigenvalue weighted by Gasteiger charge is -2.04. The van der Waals surface area contributed by atoms with Crippen LogP contribution >= 0.6 is 0 Å². The Morgan fingerprint density at radius 3 is 2.71 bits per heavy atom. The lowest BCUT2D eigenvalue weighted by molar-refractivity contribution is 0.0706. The van der Waals surface area contributed by atoms with Crippen LogP contribution in [0.5, 0.6) is 0 Å². The molecule has 0 unspecified atom stereocenters. The van der Waals surface area contributed by atoms with Crippen LogP contribution in [0.25, 0.3) is 0 Å². The van der Waals surface area contributed by atoms with Gasteiger partial charge in [-0.2, -0.15) is 5.10 Å². The molecule has 2 aromatic rings. The number of carbonyl (C=O) groups excluding carboxylic acids is 1. The zero-order valence-corrected chi connectivity index (χ0v) is 11.6. The van der Waals surface area contributed by atoms with Gasteiger partial charge in [0.05, 0.1) is 12.7 Å². The molecule has 1 saturated carbocycles. The summed E-state index contributed by atoms with van der Waals surface area (Å²) < 4.78 is 1.88. The van der Waals surface area contributed by atoms with Crippen LogP contribution in [0.2, 0.25) is 0 Å². The van der Waals surface area contributed by atoms with Gasteiger partial charge in [-0.1, -0.05) is 12.1 Å². The fourth-order valence-electron chi connectivity index (χ4n) is 2.15. The molecule has 6 heteroatoms. The first-order valence-corrected chi connectivity index (χ1v) is 7.02. The molecule has 1 fully saturated rings. The summed E-state index contributed by atoms with van der Waals surface area (Å²) in [5, 5.41) is 16.4. The largest absolute Gasteiger partial charge is 0.310 e. The number of benzene rings is 1. The molecule has 0 aliphatic heterocycles. The highest BCUT2D eigenvalue weighted by Crippen LogP contribution is 2.19. The van der Waals surface area contributed by atoms with Gasteiger partial charge >= 0.3 is 0 Å². The third-order valence-corrected chi connectivity index (χ3v) is 3.52. The Bertz CT molecular complexity index is 617. The van der Waals surface area contributed by atoms with Crippen molar-refractivity contribution in [2.45, 2.75) is 32.0 Å². The normalized spacial score (nSPS) is 14.1. The van der Waals surface area contributed by atoms with E-state index >= 15 is 0 Å². The molecule has 1 aromatic carbocycles. The van der Waals surface area contributed by atoms with E-state index in [0.29, 0.717) is 18.2 Å². The minimum atomic E-state index is -0.505. The van der Waals surface area contributed by atoms with Gasteiger partial charge in [-0.3, -0.25) is 14.7 Å². The summed E-state index contributed by atoms with van der Waals surface area (Å²) in [5.74, 6) is -0.505. The SMILES string of the molecule is O=C(NO)c1ccc(Cn2cc(CNC3CC3)cn2)cc1. The third kappa shape index (κ3) is 3.68. The maximum absolute atomic E-state index is 11.2. The molecule has 1 aromatic heterocycles. The molecule has 0 saturated heterocycles. The van der Waals surface area contributed by atoms with Crippen LogP contribution < -0.4 is 10.8 Å². The van der Waals surface area contributed by atoms with Crippen LogP contribution in [0.3, 0.4) is 0 Å². The first-order chi connectivity index (χ1) is 10.2. The zero-order chi connectivity index (χ0) is 14.7. The van der Waals surface area contributed by atoms with Crippen molar-refractivity contribution < 1.29 is 10.0 Å². The van der Waals surface area contributed by atoms with Crippen LogP contribution in [-0.4, -0.2) is 26.9 Å². The molecular formula is C15H18N4O2. The highest BCUT2D eigenvalue weighted by atomic mass is 16.5. The Hall–Kier alpha value is -2.18. The number of nitrogens with one attached hydrogen (secondary N) is 2. The number of hydrogen-bond acceptors (Lipinski definition) is 4. The summed E-state index contributed by atoms with van der Waals surface area (Å²) in [6.07, 6.45) is 6.47. The molecule has 1 aliphatic carbocycles. The minimum absolute atomic E-state index is 0.427. The van der Waals surface area contributed by atoms with E-state index in [1.165, 1.54) is 18.4 Å². The number of hydroxylamine groups is 1. The lowest BCUT2D eigenvalue weighted by atomic mass is 10.1. The van der Waals surface area contributed by atoms with E-state index in [2.05, 4.69) is 10.4 Å². The van der Waals surface area contributed by atoms with Crippen molar-refractivity contribution in [3.05, 3.63) is 53.3 Å². The molecular weight excluding hydrogens is 268 g/mol. The summed E-state index contributed by atoms with van der Waals surface area (Å²) in [7, 11) is 0. The molecule has 6 nitrogen and oxygen atoms in total. The van der Waals surface area contributed by atoms with Gasteiger partial charge in [0.2, 0.25) is 0 Å². The molecule has 1 heterocycles. The van der Waals surface area contributed by atoms with Gasteiger partial charge in [-0.05, 0) is 30.5 Å². The summed E-state index contributed by atoms with van der Waals surface area (Å²) >= 11 is 0. The summed E-state index contributed by atoms with van der Waals surface area (Å²) in [6.45, 7) is 1.52. The van der Waals surface area contributed by atoms with Crippen LogP contribution in [0.15, 0.2) is 36.7 Å². The maximum Gasteiger partial charge on any atom is 0.274 e. The fourth-order valence-corrected chi connectivity index (χ4v) is 2.15. The molecule has 3 N–H and O–H groups in total. The second-order valence-electron chi connectivity index (χ2n) is 5.34. The van der Waals surface area contributed by atoms with Gasteiger partial charge in [0.25, 0.3) is 5.91 Å². The fraction of sp³-hybridized carbons (Fsp3) is 0.333. The average Bonchev–Trinajstić information content (AvgIpc) is 3.25. The molecule has 0 spiro atoms. The molecule has 0 atom stereocenters. The number of nitrogens with zero attached hydrogens (tertiary/aromatic N) is 2. The highest BCUT2D eigenvalue weighted by molar-refractivity contribution is 5.93. The summed E-state index contributed by atoms with van der Waals surface area (Å²) in [5.41, 5.74) is 4.27. The standard InChI is InChI=1S/C15H18N4O2/c20-15(18-21)13-3-1-11(2-4-13)9-19-10-12(8-17-19)7-16-14-5-6-14/h1-4,8,10,14,16,21H,5-7,9H2,(H,18,20). The van der Waals surface area contributed by atoms with Gasteiger partial charge < -0.3 is 5.32 Å². The van der Waals surface area contributed by atoms with Crippen LogP contribution in [0, 0.1) is 0 Å². The van der Waals surface area contributed by atoms with Crippen molar-refractivity contribution in [3.8, 4) is 0 Å². The third-order valence-electron chi connectivity index (χ3n) is 3.52. The minimum Gasteiger partial charge on any atom is -0.310 e. The summed E-state index contributed by atoms with van der Waals surface area (Å²) in [6, 6.07) is 7.77. The molecule has 1 amide bonds. The Morgan fingerprint density at radius 2 is 2.05 bits per heavy atom. The van der Waals surface area contributed by atoms with Crippen molar-refractivity contribution in [2.75, 3.05) is 0 Å². The van der Waals surface area contributed by atoms with Gasteiger partial charge in [0, 0.05) is 29.9 Å². The summed E-state index contributed by atoms with van der Waals surface area (Å²) in [4.78, 5) is 11.2. The molecule has 0 bridgehead atoms. The van der Waals surface area contributed by atoms with Crippen molar-refractivity contribution >= 4 is 5.91 Å². The van der Waals surface area contributed by atoms with Gasteiger partial charge in [-0.15, -0.1) is 0 Å². The number of aromatic nitrogens is 2. The van der Waals surface area contributed by atoms with Crippen molar-refractivity contribution in [1.82, 2.24) is 20.6 Å². The van der Waals surface area contributed by atoms with Gasteiger partial charge in [-0.25, -0.2) is 5.48 Å². The molecule has 21 heavy (non-hydrogen) atoms. The second kappa shape index (κ2) is 6.07.